The molecule has 0 saturated heterocycles. The Morgan fingerprint density at radius 2 is 1.06 bits per heavy atom. The van der Waals surface area contributed by atoms with E-state index in [-0.39, 0.29) is 59.1 Å². The Balaban J connectivity index is -0.000000845. The van der Waals surface area contributed by atoms with Gasteiger partial charge in [0.1, 0.15) is 0 Å². The van der Waals surface area contributed by atoms with Gasteiger partial charge in [-0.3, -0.25) is 9.11 Å². The smallest absolute Gasteiger partial charge is 0.314 e. The fourth-order valence-electron chi connectivity index (χ4n) is 0.553. The largest absolute Gasteiger partial charge is 1.00 e. The summed E-state index contributed by atoms with van der Waals surface area (Å²) < 4.78 is 57.3. The molecule has 16 heavy (non-hydrogen) atoms. The maximum atomic E-state index is 10.2. The van der Waals surface area contributed by atoms with E-state index in [1.807, 2.05) is 0 Å². The fraction of sp³-hybridized carbons (Fsp3) is 1.00. The van der Waals surface area contributed by atoms with E-state index in [9.17, 15) is 16.8 Å². The molecular formula is C4H11NNa2O7S2+2. The van der Waals surface area contributed by atoms with E-state index >= 15 is 0 Å². The molecule has 0 spiro atoms. The molecule has 0 fully saturated rings. The molecular weight excluding hydrogens is 284 g/mol. The van der Waals surface area contributed by atoms with Gasteiger partial charge in [0.15, 0.2) is 0 Å². The average molecular weight is 295 g/mol. The summed E-state index contributed by atoms with van der Waals surface area (Å²) in [6.45, 7) is -0.872. The van der Waals surface area contributed by atoms with E-state index in [0.29, 0.717) is 5.06 Å². The normalized spacial score (nSPS) is 11.8. The second-order valence-corrected chi connectivity index (χ2v) is 5.67. The molecule has 0 rings (SSSR count). The summed E-state index contributed by atoms with van der Waals surface area (Å²) in [6.07, 6.45) is 0. The summed E-state index contributed by atoms with van der Waals surface area (Å²) in [4.78, 5) is 0. The van der Waals surface area contributed by atoms with Crippen LogP contribution in [-0.4, -0.2) is 60.8 Å². The van der Waals surface area contributed by atoms with Crippen molar-refractivity contribution in [2.45, 2.75) is 0 Å². The van der Waals surface area contributed by atoms with E-state index in [2.05, 4.69) is 0 Å². The van der Waals surface area contributed by atoms with Crippen LogP contribution < -0.4 is 59.1 Å². The van der Waals surface area contributed by atoms with Gasteiger partial charge in [0, 0.05) is 13.1 Å². The molecule has 0 radical (unpaired) electrons. The van der Waals surface area contributed by atoms with Gasteiger partial charge in [0.05, 0.1) is 11.5 Å². The molecule has 3 N–H and O–H groups in total. The molecule has 0 aliphatic heterocycles. The van der Waals surface area contributed by atoms with Crippen LogP contribution in [0.5, 0.6) is 0 Å². The number of hydrogen-bond donors (Lipinski definition) is 3. The molecule has 0 bridgehead atoms. The van der Waals surface area contributed by atoms with Crippen LogP contribution in [-0.2, 0) is 20.2 Å². The Kier molecular flexibility index (Phi) is 13.8. The number of hydrogen-bond acceptors (Lipinski definition) is 6. The van der Waals surface area contributed by atoms with Crippen molar-refractivity contribution in [1.82, 2.24) is 5.06 Å². The van der Waals surface area contributed by atoms with Gasteiger partial charge in [0.2, 0.25) is 0 Å². The van der Waals surface area contributed by atoms with Gasteiger partial charge in [-0.15, -0.1) is 0 Å². The quantitative estimate of drug-likeness (QED) is 0.250. The first-order chi connectivity index (χ1) is 6.10. The Labute approximate surface area is 138 Å². The zero-order chi connectivity index (χ0) is 11.4. The van der Waals surface area contributed by atoms with Crippen molar-refractivity contribution < 1.29 is 90.3 Å². The molecule has 0 aromatic heterocycles. The minimum Gasteiger partial charge on any atom is -0.314 e. The minimum absolute atomic E-state index is 0. The zero-order valence-corrected chi connectivity index (χ0v) is 14.7. The molecule has 0 aromatic rings. The van der Waals surface area contributed by atoms with Crippen LogP contribution in [0.3, 0.4) is 0 Å². The first-order valence-electron chi connectivity index (χ1n) is 3.44. The Morgan fingerprint density at radius 1 is 0.812 bits per heavy atom. The summed E-state index contributed by atoms with van der Waals surface area (Å²) in [5.74, 6) is -1.43. The van der Waals surface area contributed by atoms with Crippen molar-refractivity contribution in [3.63, 3.8) is 0 Å². The molecule has 86 valence electrons. The molecule has 0 aromatic carbocycles. The molecule has 0 aliphatic rings. The fourth-order valence-corrected chi connectivity index (χ4v) is 1.44. The third kappa shape index (κ3) is 18.1. The molecule has 0 unspecified atom stereocenters. The van der Waals surface area contributed by atoms with E-state index in [4.69, 9.17) is 14.3 Å². The van der Waals surface area contributed by atoms with Crippen molar-refractivity contribution in [2.24, 2.45) is 0 Å². The van der Waals surface area contributed by atoms with Crippen LogP contribution in [0.25, 0.3) is 0 Å². The predicted molar refractivity (Wildman–Crippen MR) is 46.2 cm³/mol. The Hall–Kier alpha value is 1.74. The van der Waals surface area contributed by atoms with Crippen molar-refractivity contribution >= 4 is 20.2 Å². The van der Waals surface area contributed by atoms with Gasteiger partial charge in [0.25, 0.3) is 20.2 Å². The third-order valence-electron chi connectivity index (χ3n) is 1.21. The summed E-state index contributed by atoms with van der Waals surface area (Å²) in [6, 6.07) is 0. The van der Waals surface area contributed by atoms with Gasteiger partial charge >= 0.3 is 59.1 Å². The van der Waals surface area contributed by atoms with Gasteiger partial charge in [-0.25, -0.2) is 0 Å². The second-order valence-electron chi connectivity index (χ2n) is 2.53. The maximum absolute atomic E-state index is 10.2. The average Bonchev–Trinajstić information content (AvgIpc) is 1.94. The van der Waals surface area contributed by atoms with E-state index in [0.717, 1.165) is 0 Å². The molecule has 0 amide bonds. The summed E-state index contributed by atoms with van der Waals surface area (Å²) in [5, 5.41) is 9.23. The zero-order valence-electron chi connectivity index (χ0n) is 9.07. The van der Waals surface area contributed by atoms with Crippen molar-refractivity contribution in [3.05, 3.63) is 0 Å². The minimum atomic E-state index is -4.19. The maximum Gasteiger partial charge on any atom is 1.00 e. The van der Waals surface area contributed by atoms with Crippen molar-refractivity contribution in [2.75, 3.05) is 24.6 Å². The molecule has 0 heterocycles. The van der Waals surface area contributed by atoms with Gasteiger partial charge in [-0.1, -0.05) is 0 Å². The van der Waals surface area contributed by atoms with E-state index in [1.54, 1.807) is 0 Å². The SMILES string of the molecule is O=S(=O)(O)CCN(O)CCS(=O)(=O)O.[Na+].[Na+]. The Morgan fingerprint density at radius 3 is 1.25 bits per heavy atom. The van der Waals surface area contributed by atoms with Crippen LogP contribution in [0.1, 0.15) is 0 Å². The van der Waals surface area contributed by atoms with Gasteiger partial charge in [-0.05, 0) is 0 Å². The monoisotopic (exact) mass is 295 g/mol. The van der Waals surface area contributed by atoms with Crippen molar-refractivity contribution in [1.29, 1.82) is 0 Å². The first kappa shape index (κ1) is 22.9. The van der Waals surface area contributed by atoms with Gasteiger partial charge < -0.3 is 5.21 Å². The van der Waals surface area contributed by atoms with Gasteiger partial charge in [-0.2, -0.15) is 21.9 Å². The van der Waals surface area contributed by atoms with Crippen LogP contribution in [0, 0.1) is 0 Å². The predicted octanol–water partition coefficient (Wildman–Crippen LogP) is -7.54. The summed E-state index contributed by atoms with van der Waals surface area (Å²) in [5.41, 5.74) is 0. The summed E-state index contributed by atoms with van der Waals surface area (Å²) in [7, 11) is -8.37. The third-order valence-corrected chi connectivity index (χ3v) is 2.61. The van der Waals surface area contributed by atoms with E-state index in [1.165, 1.54) is 0 Å². The molecule has 0 aliphatic carbocycles. The topological polar surface area (TPSA) is 132 Å². The second kappa shape index (κ2) is 9.64. The van der Waals surface area contributed by atoms with Crippen LogP contribution >= 0.6 is 0 Å². The van der Waals surface area contributed by atoms with Crippen LogP contribution in [0.15, 0.2) is 0 Å². The molecule has 12 heteroatoms. The van der Waals surface area contributed by atoms with E-state index < -0.39 is 44.8 Å². The Bertz CT molecular complexity index is 330. The number of hydroxylamine groups is 2. The van der Waals surface area contributed by atoms with Crippen molar-refractivity contribution in [3.8, 4) is 0 Å². The molecule has 0 atom stereocenters. The molecule has 8 nitrogen and oxygen atoms in total. The first-order valence-corrected chi connectivity index (χ1v) is 6.66. The van der Waals surface area contributed by atoms with Crippen LogP contribution in [0.2, 0.25) is 0 Å². The van der Waals surface area contributed by atoms with Crippen LogP contribution in [0.4, 0.5) is 0 Å². The number of nitrogens with zero attached hydrogens (tertiary/aromatic N) is 1. The summed E-state index contributed by atoms with van der Waals surface area (Å²) >= 11 is 0. The molecule has 0 saturated carbocycles. The standard InChI is InChI=1S/C4H11NO7S2.2Na/c6-5(1-3-13(7,8)9)2-4-14(10,11)12;;/h6H,1-4H2,(H,7,8,9)(H,10,11,12);;/q;2*+1. The number of rotatable bonds is 6.